The molecule has 0 N–H and O–H groups in total. The number of unbranched alkanes of at least 4 members (excludes halogenated alkanes) is 8. The molecule has 0 nitrogen and oxygen atoms in total. The standard InChI is InChI=1S/C30H60/c1-10-13-15-17-18-20-22-29(26(6)21-19-16-14-11-2)24-30(9,12-3)23-27(7)28(8)25(4)5/h25,27-28H,10-24H2,1-9H3. The van der Waals surface area contributed by atoms with Crippen LogP contribution in [0.1, 0.15) is 159 Å². The van der Waals surface area contributed by atoms with Crippen LogP contribution < -0.4 is 0 Å². The van der Waals surface area contributed by atoms with Gasteiger partial charge in [0.25, 0.3) is 0 Å². The summed E-state index contributed by atoms with van der Waals surface area (Å²) in [4.78, 5) is 0. The average molecular weight is 421 g/mol. The zero-order chi connectivity index (χ0) is 23.0. The minimum atomic E-state index is 0.463. The van der Waals surface area contributed by atoms with Crippen LogP contribution >= 0.6 is 0 Å². The maximum Gasteiger partial charge on any atom is -0.0263 e. The van der Waals surface area contributed by atoms with Gasteiger partial charge in [-0.05, 0) is 68.6 Å². The van der Waals surface area contributed by atoms with Gasteiger partial charge >= 0.3 is 0 Å². The fourth-order valence-electron chi connectivity index (χ4n) is 5.04. The van der Waals surface area contributed by atoms with Gasteiger partial charge in [0, 0.05) is 0 Å². The largest absolute Gasteiger partial charge is 0.0741 e. The average Bonchev–Trinajstić information content (AvgIpc) is 2.71. The normalized spacial score (nSPS) is 17.0. The van der Waals surface area contributed by atoms with Gasteiger partial charge in [-0.15, -0.1) is 0 Å². The summed E-state index contributed by atoms with van der Waals surface area (Å²) in [7, 11) is 0. The molecule has 0 aromatic heterocycles. The molecule has 0 saturated carbocycles. The molecule has 3 atom stereocenters. The third kappa shape index (κ3) is 13.2. The van der Waals surface area contributed by atoms with Crippen LogP contribution in [-0.2, 0) is 0 Å². The third-order valence-corrected chi connectivity index (χ3v) is 8.10. The summed E-state index contributed by atoms with van der Waals surface area (Å²) in [6.07, 6.45) is 20.7. The van der Waals surface area contributed by atoms with E-state index in [1.54, 1.807) is 5.57 Å². The van der Waals surface area contributed by atoms with Crippen LogP contribution in [0, 0.1) is 23.2 Å². The van der Waals surface area contributed by atoms with E-state index < -0.39 is 0 Å². The lowest BCUT2D eigenvalue weighted by Crippen LogP contribution is -2.25. The predicted molar refractivity (Wildman–Crippen MR) is 140 cm³/mol. The summed E-state index contributed by atoms with van der Waals surface area (Å²) >= 11 is 0. The molecule has 0 saturated heterocycles. The van der Waals surface area contributed by atoms with Gasteiger partial charge in [-0.25, -0.2) is 0 Å². The first-order valence-electron chi connectivity index (χ1n) is 13.9. The Kier molecular flexibility index (Phi) is 17.2. The molecular weight excluding hydrogens is 360 g/mol. The van der Waals surface area contributed by atoms with Gasteiger partial charge in [0.15, 0.2) is 0 Å². The summed E-state index contributed by atoms with van der Waals surface area (Å²) in [6.45, 7) is 21.9. The van der Waals surface area contributed by atoms with Crippen LogP contribution in [-0.4, -0.2) is 0 Å². The van der Waals surface area contributed by atoms with E-state index >= 15 is 0 Å². The van der Waals surface area contributed by atoms with Crippen molar-refractivity contribution in [1.29, 1.82) is 0 Å². The van der Waals surface area contributed by atoms with E-state index in [-0.39, 0.29) is 0 Å². The maximum absolute atomic E-state index is 2.59. The molecule has 0 bridgehead atoms. The molecule has 0 aromatic rings. The zero-order valence-electron chi connectivity index (χ0n) is 22.8. The molecule has 0 rings (SSSR count). The third-order valence-electron chi connectivity index (χ3n) is 8.10. The second kappa shape index (κ2) is 17.3. The molecule has 0 aliphatic rings. The molecule has 0 fully saturated rings. The van der Waals surface area contributed by atoms with Crippen molar-refractivity contribution in [2.24, 2.45) is 23.2 Å². The summed E-state index contributed by atoms with van der Waals surface area (Å²) < 4.78 is 0. The minimum Gasteiger partial charge on any atom is -0.0741 e. The topological polar surface area (TPSA) is 0 Å². The van der Waals surface area contributed by atoms with Crippen molar-refractivity contribution < 1.29 is 0 Å². The van der Waals surface area contributed by atoms with Gasteiger partial charge < -0.3 is 0 Å². The Bertz CT molecular complexity index is 429. The van der Waals surface area contributed by atoms with Crippen molar-refractivity contribution in [3.63, 3.8) is 0 Å². The molecule has 0 radical (unpaired) electrons. The fourth-order valence-corrected chi connectivity index (χ4v) is 5.04. The molecule has 0 aliphatic carbocycles. The van der Waals surface area contributed by atoms with Gasteiger partial charge in [0.05, 0.1) is 0 Å². The number of allylic oxidation sites excluding steroid dienone is 2. The Morgan fingerprint density at radius 1 is 0.700 bits per heavy atom. The van der Waals surface area contributed by atoms with E-state index in [0.717, 1.165) is 17.8 Å². The highest BCUT2D eigenvalue weighted by Crippen LogP contribution is 2.41. The lowest BCUT2D eigenvalue weighted by molar-refractivity contribution is 0.174. The lowest BCUT2D eigenvalue weighted by atomic mass is 9.69. The van der Waals surface area contributed by atoms with E-state index in [1.807, 2.05) is 5.57 Å². The Hall–Kier alpha value is -0.260. The van der Waals surface area contributed by atoms with Gasteiger partial charge in [-0.3, -0.25) is 0 Å². The quantitative estimate of drug-likeness (QED) is 0.144. The van der Waals surface area contributed by atoms with Gasteiger partial charge in [0.2, 0.25) is 0 Å². The first-order chi connectivity index (χ1) is 14.2. The molecule has 0 heterocycles. The first-order valence-corrected chi connectivity index (χ1v) is 13.9. The molecule has 30 heavy (non-hydrogen) atoms. The van der Waals surface area contributed by atoms with Crippen LogP contribution in [0.3, 0.4) is 0 Å². The van der Waals surface area contributed by atoms with Crippen molar-refractivity contribution in [2.75, 3.05) is 0 Å². The predicted octanol–water partition coefficient (Wildman–Crippen LogP) is 11.1. The second-order valence-electron chi connectivity index (χ2n) is 11.3. The molecular formula is C30H60. The van der Waals surface area contributed by atoms with Gasteiger partial charge in [-0.1, -0.05) is 124 Å². The monoisotopic (exact) mass is 420 g/mol. The van der Waals surface area contributed by atoms with E-state index in [0.29, 0.717) is 5.41 Å². The zero-order valence-corrected chi connectivity index (χ0v) is 22.8. The van der Waals surface area contributed by atoms with Crippen molar-refractivity contribution in [3.8, 4) is 0 Å². The fraction of sp³-hybridized carbons (Fsp3) is 0.933. The van der Waals surface area contributed by atoms with Crippen LogP contribution in [0.2, 0.25) is 0 Å². The smallest absolute Gasteiger partial charge is 0.0263 e. The molecule has 3 unspecified atom stereocenters. The Morgan fingerprint density at radius 2 is 1.20 bits per heavy atom. The molecule has 0 aromatic carbocycles. The van der Waals surface area contributed by atoms with Crippen LogP contribution in [0.5, 0.6) is 0 Å². The maximum atomic E-state index is 2.59. The summed E-state index contributed by atoms with van der Waals surface area (Å²) in [5.41, 5.74) is 4.03. The molecule has 180 valence electrons. The highest BCUT2D eigenvalue weighted by atomic mass is 14.3. The number of rotatable bonds is 19. The first kappa shape index (κ1) is 29.7. The Balaban J connectivity index is 5.10. The van der Waals surface area contributed by atoms with Gasteiger partial charge in [-0.2, -0.15) is 0 Å². The Labute approximate surface area is 193 Å². The number of hydrogen-bond donors (Lipinski definition) is 0. The molecule has 0 heteroatoms. The SMILES string of the molecule is CCCCCCCCC(CC(C)(CC)CC(C)C(C)C(C)C)=C(C)CCCCCC. The van der Waals surface area contributed by atoms with Crippen LogP contribution in [0.4, 0.5) is 0 Å². The number of hydrogen-bond acceptors (Lipinski definition) is 0. The molecule has 0 aliphatic heterocycles. The van der Waals surface area contributed by atoms with Crippen molar-refractivity contribution in [1.82, 2.24) is 0 Å². The second-order valence-corrected chi connectivity index (χ2v) is 11.3. The highest BCUT2D eigenvalue weighted by Gasteiger charge is 2.29. The van der Waals surface area contributed by atoms with E-state index in [4.69, 9.17) is 0 Å². The van der Waals surface area contributed by atoms with Crippen molar-refractivity contribution in [3.05, 3.63) is 11.1 Å². The summed E-state index contributed by atoms with van der Waals surface area (Å²) in [6, 6.07) is 0. The van der Waals surface area contributed by atoms with E-state index in [2.05, 4.69) is 62.3 Å². The van der Waals surface area contributed by atoms with E-state index in [9.17, 15) is 0 Å². The summed E-state index contributed by atoms with van der Waals surface area (Å²) in [5.74, 6) is 2.42. The molecule has 0 spiro atoms. The Morgan fingerprint density at radius 3 is 1.73 bits per heavy atom. The van der Waals surface area contributed by atoms with Crippen molar-refractivity contribution >= 4 is 0 Å². The highest BCUT2D eigenvalue weighted by molar-refractivity contribution is 5.14. The van der Waals surface area contributed by atoms with E-state index in [1.165, 1.54) is 96.3 Å². The summed E-state index contributed by atoms with van der Waals surface area (Å²) in [5, 5.41) is 0. The molecule has 0 amide bonds. The lowest BCUT2D eigenvalue weighted by Gasteiger charge is -2.36. The van der Waals surface area contributed by atoms with Gasteiger partial charge in [0.1, 0.15) is 0 Å². The minimum absolute atomic E-state index is 0.463. The van der Waals surface area contributed by atoms with Crippen LogP contribution in [0.15, 0.2) is 11.1 Å². The van der Waals surface area contributed by atoms with Crippen molar-refractivity contribution in [2.45, 2.75) is 159 Å². The van der Waals surface area contributed by atoms with Crippen LogP contribution in [0.25, 0.3) is 0 Å².